The van der Waals surface area contributed by atoms with E-state index >= 15 is 0 Å². The molecule has 0 radical (unpaired) electrons. The molecule has 0 aliphatic heterocycles. The maximum absolute atomic E-state index is 11.7. The smallest absolute Gasteiger partial charge is 0.315 e. The zero-order valence-corrected chi connectivity index (χ0v) is 10.8. The molecule has 5 heteroatoms. The van der Waals surface area contributed by atoms with Crippen LogP contribution in [0.5, 0.6) is 0 Å². The van der Waals surface area contributed by atoms with Gasteiger partial charge >= 0.3 is 12.0 Å². The molecule has 1 unspecified atom stereocenters. The summed E-state index contributed by atoms with van der Waals surface area (Å²) in [4.78, 5) is 22.3. The summed E-state index contributed by atoms with van der Waals surface area (Å²) in [7, 11) is 0. The lowest BCUT2D eigenvalue weighted by Crippen LogP contribution is -2.44. The molecule has 2 rings (SSSR count). The van der Waals surface area contributed by atoms with Crippen LogP contribution in [0.25, 0.3) is 0 Å². The monoisotopic (exact) mass is 262 g/mol. The van der Waals surface area contributed by atoms with Crippen molar-refractivity contribution in [3.05, 3.63) is 35.4 Å². The summed E-state index contributed by atoms with van der Waals surface area (Å²) in [6.45, 7) is 1.70. The number of rotatable bonds is 4. The Morgan fingerprint density at radius 2 is 1.89 bits per heavy atom. The molecular weight excluding hydrogens is 244 g/mol. The zero-order valence-electron chi connectivity index (χ0n) is 10.8. The van der Waals surface area contributed by atoms with E-state index in [-0.39, 0.29) is 18.6 Å². The molecule has 0 saturated heterocycles. The van der Waals surface area contributed by atoms with Gasteiger partial charge in [-0.15, -0.1) is 0 Å². The van der Waals surface area contributed by atoms with Crippen LogP contribution in [0, 0.1) is 5.92 Å². The third-order valence-corrected chi connectivity index (χ3v) is 3.38. The minimum atomic E-state index is -0.909. The molecule has 0 heterocycles. The van der Waals surface area contributed by atoms with Crippen molar-refractivity contribution in [3.63, 3.8) is 0 Å². The Balaban J connectivity index is 1.78. The number of urea groups is 1. The molecule has 0 aromatic heterocycles. The van der Waals surface area contributed by atoms with E-state index in [9.17, 15) is 9.59 Å². The number of hydrogen-bond acceptors (Lipinski definition) is 2. The van der Waals surface area contributed by atoms with Crippen LogP contribution in [0.3, 0.4) is 0 Å². The van der Waals surface area contributed by atoms with Crippen molar-refractivity contribution in [3.8, 4) is 0 Å². The van der Waals surface area contributed by atoms with Crippen LogP contribution in [-0.2, 0) is 17.6 Å². The highest BCUT2D eigenvalue weighted by atomic mass is 16.4. The number of carbonyl (C=O) groups excluding carboxylic acids is 1. The Morgan fingerprint density at radius 1 is 1.32 bits per heavy atom. The van der Waals surface area contributed by atoms with Gasteiger partial charge in [-0.05, 0) is 24.0 Å². The lowest BCUT2D eigenvalue weighted by Gasteiger charge is -2.14. The molecule has 19 heavy (non-hydrogen) atoms. The van der Waals surface area contributed by atoms with E-state index < -0.39 is 11.9 Å². The molecule has 0 spiro atoms. The van der Waals surface area contributed by atoms with Crippen molar-refractivity contribution in [1.29, 1.82) is 0 Å². The molecule has 2 amide bonds. The highest BCUT2D eigenvalue weighted by Gasteiger charge is 2.22. The Morgan fingerprint density at radius 3 is 2.42 bits per heavy atom. The fourth-order valence-corrected chi connectivity index (χ4v) is 2.23. The van der Waals surface area contributed by atoms with Gasteiger partial charge < -0.3 is 15.7 Å². The Labute approximate surface area is 112 Å². The Bertz CT molecular complexity index is 462. The summed E-state index contributed by atoms with van der Waals surface area (Å²) in [5.74, 6) is -1.49. The first-order valence-electron chi connectivity index (χ1n) is 6.40. The highest BCUT2D eigenvalue weighted by molar-refractivity contribution is 5.76. The number of amides is 2. The summed E-state index contributed by atoms with van der Waals surface area (Å²) < 4.78 is 0. The SMILES string of the molecule is CC(CNC(=O)NC1Cc2ccccc2C1)C(=O)O. The molecule has 3 N–H and O–H groups in total. The first-order chi connectivity index (χ1) is 9.06. The summed E-state index contributed by atoms with van der Waals surface area (Å²) >= 11 is 0. The predicted molar refractivity (Wildman–Crippen MR) is 71.0 cm³/mol. The van der Waals surface area contributed by atoms with E-state index in [4.69, 9.17) is 5.11 Å². The minimum absolute atomic E-state index is 0.0949. The number of benzene rings is 1. The second kappa shape index (κ2) is 5.73. The Hall–Kier alpha value is -2.04. The van der Waals surface area contributed by atoms with E-state index in [0.29, 0.717) is 0 Å². The summed E-state index contributed by atoms with van der Waals surface area (Å²) in [5, 5.41) is 14.2. The topological polar surface area (TPSA) is 78.4 Å². The third-order valence-electron chi connectivity index (χ3n) is 3.38. The van der Waals surface area contributed by atoms with E-state index in [1.807, 2.05) is 12.1 Å². The van der Waals surface area contributed by atoms with Crippen molar-refractivity contribution in [2.45, 2.75) is 25.8 Å². The lowest BCUT2D eigenvalue weighted by molar-refractivity contribution is -0.140. The van der Waals surface area contributed by atoms with Gasteiger partial charge in [0.2, 0.25) is 0 Å². The summed E-state index contributed by atoms with van der Waals surface area (Å²) in [6, 6.07) is 7.93. The molecule has 0 fully saturated rings. The molecule has 102 valence electrons. The number of carboxylic acids is 1. The van der Waals surface area contributed by atoms with Crippen LogP contribution in [0.1, 0.15) is 18.1 Å². The second-order valence-electron chi connectivity index (χ2n) is 4.97. The van der Waals surface area contributed by atoms with Crippen LogP contribution >= 0.6 is 0 Å². The van der Waals surface area contributed by atoms with Gasteiger partial charge in [-0.1, -0.05) is 31.2 Å². The van der Waals surface area contributed by atoms with Gasteiger partial charge in [-0.2, -0.15) is 0 Å². The van der Waals surface area contributed by atoms with Crippen molar-refractivity contribution < 1.29 is 14.7 Å². The first-order valence-corrected chi connectivity index (χ1v) is 6.40. The van der Waals surface area contributed by atoms with E-state index in [1.54, 1.807) is 6.92 Å². The van der Waals surface area contributed by atoms with E-state index in [1.165, 1.54) is 11.1 Å². The van der Waals surface area contributed by atoms with Gasteiger partial charge in [0.25, 0.3) is 0 Å². The maximum atomic E-state index is 11.7. The molecule has 0 saturated carbocycles. The number of fused-ring (bicyclic) bond motifs is 1. The third kappa shape index (κ3) is 3.47. The Kier molecular flexibility index (Phi) is 4.04. The van der Waals surface area contributed by atoms with Gasteiger partial charge in [0.05, 0.1) is 5.92 Å². The minimum Gasteiger partial charge on any atom is -0.481 e. The predicted octanol–water partition coefficient (Wildman–Crippen LogP) is 1.17. The van der Waals surface area contributed by atoms with Crippen LogP contribution in [-0.4, -0.2) is 29.7 Å². The molecule has 1 aliphatic rings. The van der Waals surface area contributed by atoms with Crippen LogP contribution in [0.4, 0.5) is 4.79 Å². The van der Waals surface area contributed by atoms with Crippen molar-refractivity contribution in [1.82, 2.24) is 10.6 Å². The number of aliphatic carboxylic acids is 1. The lowest BCUT2D eigenvalue weighted by atomic mass is 10.1. The van der Waals surface area contributed by atoms with Crippen LogP contribution < -0.4 is 10.6 Å². The van der Waals surface area contributed by atoms with E-state index in [0.717, 1.165) is 12.8 Å². The molecule has 0 bridgehead atoms. The zero-order chi connectivity index (χ0) is 13.8. The number of nitrogens with one attached hydrogen (secondary N) is 2. The molecular formula is C14H18N2O3. The molecule has 1 atom stereocenters. The van der Waals surface area contributed by atoms with Gasteiger partial charge in [0.1, 0.15) is 0 Å². The number of hydrogen-bond donors (Lipinski definition) is 3. The fourth-order valence-electron chi connectivity index (χ4n) is 2.23. The van der Waals surface area contributed by atoms with Gasteiger partial charge in [-0.25, -0.2) is 4.79 Å². The largest absolute Gasteiger partial charge is 0.481 e. The first kappa shape index (κ1) is 13.4. The normalized spacial score (nSPS) is 15.6. The summed E-state index contributed by atoms with van der Waals surface area (Å²) in [5.41, 5.74) is 2.54. The average molecular weight is 262 g/mol. The quantitative estimate of drug-likeness (QED) is 0.762. The molecule has 1 aromatic rings. The van der Waals surface area contributed by atoms with Gasteiger partial charge in [0, 0.05) is 12.6 Å². The maximum Gasteiger partial charge on any atom is 0.315 e. The second-order valence-corrected chi connectivity index (χ2v) is 4.97. The average Bonchev–Trinajstić information content (AvgIpc) is 2.77. The summed E-state index contributed by atoms with van der Waals surface area (Å²) in [6.07, 6.45) is 1.66. The van der Waals surface area contributed by atoms with Gasteiger partial charge in [0.15, 0.2) is 0 Å². The van der Waals surface area contributed by atoms with Crippen LogP contribution in [0.2, 0.25) is 0 Å². The number of carbonyl (C=O) groups is 2. The number of carboxylic acid groups (broad SMARTS) is 1. The fraction of sp³-hybridized carbons (Fsp3) is 0.429. The van der Waals surface area contributed by atoms with E-state index in [2.05, 4.69) is 22.8 Å². The molecule has 5 nitrogen and oxygen atoms in total. The molecule has 1 aromatic carbocycles. The van der Waals surface area contributed by atoms with Crippen molar-refractivity contribution in [2.75, 3.05) is 6.54 Å². The standard InChI is InChI=1S/C14H18N2O3/c1-9(13(17)18)8-15-14(19)16-12-6-10-4-2-3-5-11(10)7-12/h2-5,9,12H,6-8H2,1H3,(H,17,18)(H2,15,16,19). The van der Waals surface area contributed by atoms with Gasteiger partial charge in [-0.3, -0.25) is 4.79 Å². The van der Waals surface area contributed by atoms with Crippen LogP contribution in [0.15, 0.2) is 24.3 Å². The van der Waals surface area contributed by atoms with Crippen molar-refractivity contribution in [2.24, 2.45) is 5.92 Å². The highest BCUT2D eigenvalue weighted by Crippen LogP contribution is 2.21. The van der Waals surface area contributed by atoms with Crippen molar-refractivity contribution >= 4 is 12.0 Å². The molecule has 1 aliphatic carbocycles.